The van der Waals surface area contributed by atoms with Crippen LogP contribution in [0.2, 0.25) is 0 Å². The summed E-state index contributed by atoms with van der Waals surface area (Å²) in [6.07, 6.45) is 0. The molecule has 0 fully saturated rings. The number of hydrogen-bond donors (Lipinski definition) is 1. The molecule has 7 heteroatoms. The van der Waals surface area contributed by atoms with Gasteiger partial charge >= 0.3 is 5.69 Å². The van der Waals surface area contributed by atoms with Gasteiger partial charge in [0.15, 0.2) is 5.75 Å². The predicted octanol–water partition coefficient (Wildman–Crippen LogP) is 4.25. The fraction of sp³-hybridized carbons (Fsp3) is 0.235. The number of halogens is 1. The monoisotopic (exact) mass is 392 g/mol. The summed E-state index contributed by atoms with van der Waals surface area (Å²) < 4.78 is 6.10. The van der Waals surface area contributed by atoms with Crippen LogP contribution in [0.4, 0.5) is 5.69 Å². The second-order valence-corrected chi connectivity index (χ2v) is 5.94. The van der Waals surface area contributed by atoms with E-state index in [9.17, 15) is 14.9 Å². The maximum absolute atomic E-state index is 12.4. The number of nitro groups is 1. The molecule has 0 aromatic heterocycles. The molecule has 1 atom stereocenters. The number of benzene rings is 2. The predicted molar refractivity (Wildman–Crippen MR) is 94.3 cm³/mol. The molecule has 0 saturated carbocycles. The van der Waals surface area contributed by atoms with Crippen LogP contribution in [0.25, 0.3) is 0 Å². The molecule has 0 aliphatic rings. The van der Waals surface area contributed by atoms with Crippen LogP contribution in [0, 0.1) is 10.1 Å². The first-order chi connectivity index (χ1) is 11.4. The number of ether oxygens (including phenoxy) is 1. The topological polar surface area (TPSA) is 81.5 Å². The minimum absolute atomic E-state index is 0.151. The minimum Gasteiger partial charge on any atom is -0.487 e. The van der Waals surface area contributed by atoms with E-state index in [2.05, 4.69) is 21.2 Å². The van der Waals surface area contributed by atoms with Gasteiger partial charge in [0.2, 0.25) is 0 Å². The fourth-order valence-corrected chi connectivity index (χ4v) is 2.89. The van der Waals surface area contributed by atoms with Crippen LogP contribution in [0.1, 0.15) is 35.8 Å². The molecule has 2 rings (SSSR count). The molecule has 24 heavy (non-hydrogen) atoms. The molecular weight excluding hydrogens is 376 g/mol. The Hall–Kier alpha value is -2.41. The molecule has 1 N–H and O–H groups in total. The van der Waals surface area contributed by atoms with Crippen molar-refractivity contribution in [3.05, 3.63) is 68.2 Å². The maximum Gasteiger partial charge on any atom is 0.311 e. The van der Waals surface area contributed by atoms with Gasteiger partial charge in [-0.25, -0.2) is 0 Å². The normalized spacial score (nSPS) is 11.6. The van der Waals surface area contributed by atoms with Gasteiger partial charge in [0.05, 0.1) is 17.6 Å². The summed E-state index contributed by atoms with van der Waals surface area (Å²) in [5, 5.41) is 14.0. The van der Waals surface area contributed by atoms with Crippen molar-refractivity contribution in [3.8, 4) is 5.75 Å². The maximum atomic E-state index is 12.4. The molecule has 0 heterocycles. The van der Waals surface area contributed by atoms with E-state index >= 15 is 0 Å². The van der Waals surface area contributed by atoms with Gasteiger partial charge in [-0.1, -0.05) is 34.1 Å². The number of carbonyl (C=O) groups is 1. The number of nitro benzene ring substituents is 1. The smallest absolute Gasteiger partial charge is 0.311 e. The Morgan fingerprint density at radius 3 is 2.67 bits per heavy atom. The second-order valence-electron chi connectivity index (χ2n) is 5.09. The Morgan fingerprint density at radius 2 is 2.04 bits per heavy atom. The molecule has 126 valence electrons. The molecule has 0 saturated heterocycles. The van der Waals surface area contributed by atoms with Crippen molar-refractivity contribution in [1.29, 1.82) is 0 Å². The van der Waals surface area contributed by atoms with E-state index in [-0.39, 0.29) is 28.9 Å². The lowest BCUT2D eigenvalue weighted by atomic mass is 10.1. The highest BCUT2D eigenvalue weighted by Gasteiger charge is 2.20. The van der Waals surface area contributed by atoms with Gasteiger partial charge in [0.25, 0.3) is 5.91 Å². The summed E-state index contributed by atoms with van der Waals surface area (Å²) in [7, 11) is 0. The largest absolute Gasteiger partial charge is 0.487 e. The Bertz CT molecular complexity index is 764. The summed E-state index contributed by atoms with van der Waals surface area (Å²) in [6, 6.07) is 11.5. The highest BCUT2D eigenvalue weighted by atomic mass is 79.9. The molecule has 6 nitrogen and oxygen atoms in total. The number of hydrogen-bond acceptors (Lipinski definition) is 4. The number of amides is 1. The molecule has 0 spiro atoms. The molecule has 2 aromatic carbocycles. The number of nitrogens with one attached hydrogen (secondary N) is 1. The van der Waals surface area contributed by atoms with Crippen LogP contribution >= 0.6 is 15.9 Å². The van der Waals surface area contributed by atoms with E-state index in [1.54, 1.807) is 6.92 Å². The molecule has 0 unspecified atom stereocenters. The lowest BCUT2D eigenvalue weighted by molar-refractivity contribution is -0.385. The van der Waals surface area contributed by atoms with Crippen LogP contribution < -0.4 is 10.1 Å². The zero-order valence-corrected chi connectivity index (χ0v) is 14.9. The average Bonchev–Trinajstić information content (AvgIpc) is 2.55. The van der Waals surface area contributed by atoms with Crippen molar-refractivity contribution in [3.63, 3.8) is 0 Å². The molecule has 0 radical (unpaired) electrons. The van der Waals surface area contributed by atoms with Gasteiger partial charge in [-0.05, 0) is 37.6 Å². The quantitative estimate of drug-likeness (QED) is 0.588. The summed E-state index contributed by atoms with van der Waals surface area (Å²) >= 11 is 3.44. The van der Waals surface area contributed by atoms with Gasteiger partial charge in [-0.15, -0.1) is 0 Å². The van der Waals surface area contributed by atoms with Crippen LogP contribution in [0.3, 0.4) is 0 Å². The zero-order chi connectivity index (χ0) is 17.7. The number of rotatable bonds is 6. The van der Waals surface area contributed by atoms with E-state index in [1.807, 2.05) is 31.2 Å². The lowest BCUT2D eigenvalue weighted by Crippen LogP contribution is -2.26. The lowest BCUT2D eigenvalue weighted by Gasteiger charge is -2.16. The van der Waals surface area contributed by atoms with Gasteiger partial charge < -0.3 is 10.1 Å². The Balaban J connectivity index is 2.22. The SMILES string of the molecule is CCOc1ccc(C(=O)N[C@H](C)c2ccccc2Br)cc1[N+](=O)[O-]. The first-order valence-electron chi connectivity index (χ1n) is 7.40. The standard InChI is InChI=1S/C17H17BrN2O4/c1-3-24-16-9-8-12(10-15(16)20(22)23)17(21)19-11(2)13-6-4-5-7-14(13)18/h4-11H,3H2,1-2H3,(H,19,21)/t11-/m1/s1. The highest BCUT2D eigenvalue weighted by Crippen LogP contribution is 2.28. The van der Waals surface area contributed by atoms with Crippen molar-refractivity contribution in [1.82, 2.24) is 5.32 Å². The first kappa shape index (κ1) is 17.9. The van der Waals surface area contributed by atoms with Crippen LogP contribution in [-0.4, -0.2) is 17.4 Å². The van der Waals surface area contributed by atoms with Crippen molar-refractivity contribution < 1.29 is 14.5 Å². The Labute approximate surface area is 148 Å². The fourth-order valence-electron chi connectivity index (χ4n) is 2.26. The third-order valence-electron chi connectivity index (χ3n) is 3.44. The van der Waals surface area contributed by atoms with E-state index < -0.39 is 4.92 Å². The van der Waals surface area contributed by atoms with E-state index in [0.29, 0.717) is 6.61 Å². The summed E-state index contributed by atoms with van der Waals surface area (Å²) in [6.45, 7) is 3.90. The molecule has 2 aromatic rings. The van der Waals surface area contributed by atoms with Crippen LogP contribution in [-0.2, 0) is 0 Å². The van der Waals surface area contributed by atoms with Crippen molar-refractivity contribution in [2.45, 2.75) is 19.9 Å². The zero-order valence-electron chi connectivity index (χ0n) is 13.3. The van der Waals surface area contributed by atoms with E-state index in [1.165, 1.54) is 18.2 Å². The van der Waals surface area contributed by atoms with Crippen molar-refractivity contribution >= 4 is 27.5 Å². The molecule has 1 amide bonds. The summed E-state index contributed by atoms with van der Waals surface area (Å²) in [4.78, 5) is 23.0. The number of nitrogens with zero attached hydrogens (tertiary/aromatic N) is 1. The van der Waals surface area contributed by atoms with Gasteiger partial charge in [0.1, 0.15) is 0 Å². The summed E-state index contributed by atoms with van der Waals surface area (Å²) in [5.74, 6) is -0.234. The van der Waals surface area contributed by atoms with Crippen molar-refractivity contribution in [2.75, 3.05) is 6.61 Å². The van der Waals surface area contributed by atoms with Gasteiger partial charge in [-0.3, -0.25) is 14.9 Å². The minimum atomic E-state index is -0.557. The first-order valence-corrected chi connectivity index (χ1v) is 8.19. The average molecular weight is 393 g/mol. The van der Waals surface area contributed by atoms with Crippen LogP contribution in [0.5, 0.6) is 5.75 Å². The highest BCUT2D eigenvalue weighted by molar-refractivity contribution is 9.10. The molecule has 0 bridgehead atoms. The van der Waals surface area contributed by atoms with Crippen LogP contribution in [0.15, 0.2) is 46.9 Å². The van der Waals surface area contributed by atoms with Gasteiger partial charge in [0, 0.05) is 16.1 Å². The van der Waals surface area contributed by atoms with Gasteiger partial charge in [-0.2, -0.15) is 0 Å². The Kier molecular flexibility index (Phi) is 5.92. The Morgan fingerprint density at radius 1 is 1.33 bits per heavy atom. The van der Waals surface area contributed by atoms with E-state index in [4.69, 9.17) is 4.74 Å². The molecule has 0 aliphatic heterocycles. The molecule has 0 aliphatic carbocycles. The second kappa shape index (κ2) is 7.92. The third-order valence-corrected chi connectivity index (χ3v) is 4.16. The molecular formula is C17H17BrN2O4. The van der Waals surface area contributed by atoms with E-state index in [0.717, 1.165) is 10.0 Å². The third kappa shape index (κ3) is 4.11. The van der Waals surface area contributed by atoms with Crippen molar-refractivity contribution in [2.24, 2.45) is 0 Å². The summed E-state index contributed by atoms with van der Waals surface area (Å²) in [5.41, 5.74) is 0.911. The number of carbonyl (C=O) groups excluding carboxylic acids is 1.